The Labute approximate surface area is 186 Å². The molecule has 3 aromatic rings. The van der Waals surface area contributed by atoms with E-state index in [0.29, 0.717) is 28.5 Å². The molecule has 0 aliphatic rings. The molecule has 1 unspecified atom stereocenters. The van der Waals surface area contributed by atoms with Gasteiger partial charge in [-0.1, -0.05) is 46.8 Å². The van der Waals surface area contributed by atoms with E-state index in [9.17, 15) is 14.0 Å². The first-order valence-electron chi connectivity index (χ1n) is 10.5. The number of benzene rings is 1. The van der Waals surface area contributed by atoms with Crippen molar-refractivity contribution in [2.24, 2.45) is 0 Å². The van der Waals surface area contributed by atoms with Crippen LogP contribution in [-0.4, -0.2) is 25.8 Å². The fraction of sp³-hybridized carbons (Fsp3) is 0.375. The molecule has 32 heavy (non-hydrogen) atoms. The number of hydrogen-bond donors (Lipinski definition) is 2. The standard InChI is InChI=1S/C24H28FN5O2/c1-14(2)21-28-18(11-20(31)30-21)10-19(15-6-8-17(25)9-7-15)29-22(32)16-12-26-23(27-13-16)24(3,4)5/h6-9,11-14,19H,10H2,1-5H3,(H,29,32)(H,28,30,31). The maximum absolute atomic E-state index is 13.5. The van der Waals surface area contributed by atoms with Gasteiger partial charge < -0.3 is 10.3 Å². The quantitative estimate of drug-likeness (QED) is 0.610. The van der Waals surface area contributed by atoms with E-state index in [1.54, 1.807) is 12.1 Å². The van der Waals surface area contributed by atoms with Crippen molar-refractivity contribution in [1.29, 1.82) is 0 Å². The van der Waals surface area contributed by atoms with Crippen molar-refractivity contribution in [1.82, 2.24) is 25.3 Å². The highest BCUT2D eigenvalue weighted by Gasteiger charge is 2.21. The molecule has 0 saturated heterocycles. The van der Waals surface area contributed by atoms with E-state index in [2.05, 4.69) is 25.3 Å². The van der Waals surface area contributed by atoms with Crippen molar-refractivity contribution in [2.45, 2.75) is 58.4 Å². The minimum atomic E-state index is -0.528. The Morgan fingerprint density at radius 3 is 2.31 bits per heavy atom. The summed E-state index contributed by atoms with van der Waals surface area (Å²) in [5.74, 6) is 0.510. The Hall–Kier alpha value is -3.42. The zero-order valence-corrected chi connectivity index (χ0v) is 18.9. The normalized spacial score (nSPS) is 12.6. The van der Waals surface area contributed by atoms with Gasteiger partial charge in [0.25, 0.3) is 11.5 Å². The van der Waals surface area contributed by atoms with Crippen molar-refractivity contribution < 1.29 is 9.18 Å². The summed E-state index contributed by atoms with van der Waals surface area (Å²) in [7, 11) is 0. The minimum absolute atomic E-state index is 0.0417. The number of rotatable bonds is 6. The first kappa shape index (κ1) is 23.2. The number of nitrogens with zero attached hydrogens (tertiary/aromatic N) is 3. The molecule has 2 N–H and O–H groups in total. The van der Waals surface area contributed by atoms with Crippen LogP contribution >= 0.6 is 0 Å². The molecular formula is C24H28FN5O2. The van der Waals surface area contributed by atoms with Crippen LogP contribution in [0.25, 0.3) is 0 Å². The molecule has 7 nitrogen and oxygen atoms in total. The Morgan fingerprint density at radius 2 is 1.75 bits per heavy atom. The van der Waals surface area contributed by atoms with Gasteiger partial charge in [0.05, 0.1) is 17.3 Å². The SMILES string of the molecule is CC(C)c1nc(CC(NC(=O)c2cnc(C(C)(C)C)nc2)c2ccc(F)cc2)cc(=O)[nH]1. The van der Waals surface area contributed by atoms with E-state index < -0.39 is 6.04 Å². The Bertz CT molecular complexity index is 1130. The predicted molar refractivity (Wildman–Crippen MR) is 120 cm³/mol. The van der Waals surface area contributed by atoms with Crippen LogP contribution in [0, 0.1) is 5.82 Å². The van der Waals surface area contributed by atoms with Gasteiger partial charge in [-0.3, -0.25) is 9.59 Å². The van der Waals surface area contributed by atoms with Crippen LogP contribution in [0.4, 0.5) is 4.39 Å². The summed E-state index contributed by atoms with van der Waals surface area (Å²) >= 11 is 0. The molecule has 1 amide bonds. The Balaban J connectivity index is 1.89. The third-order valence-corrected chi connectivity index (χ3v) is 4.94. The summed E-state index contributed by atoms with van der Waals surface area (Å²) in [6.07, 6.45) is 3.25. The first-order valence-corrected chi connectivity index (χ1v) is 10.5. The minimum Gasteiger partial charge on any atom is -0.345 e. The third-order valence-electron chi connectivity index (χ3n) is 4.94. The van der Waals surface area contributed by atoms with Crippen molar-refractivity contribution in [3.63, 3.8) is 0 Å². The van der Waals surface area contributed by atoms with E-state index in [1.165, 1.54) is 30.6 Å². The summed E-state index contributed by atoms with van der Waals surface area (Å²) in [6, 6.07) is 6.77. The molecule has 2 heterocycles. The van der Waals surface area contributed by atoms with Crippen LogP contribution < -0.4 is 10.9 Å². The van der Waals surface area contributed by atoms with Gasteiger partial charge in [0, 0.05) is 36.2 Å². The van der Waals surface area contributed by atoms with E-state index in [4.69, 9.17) is 0 Å². The molecule has 0 aliphatic carbocycles. The van der Waals surface area contributed by atoms with Gasteiger partial charge in [0.1, 0.15) is 17.5 Å². The second-order valence-electron chi connectivity index (χ2n) is 9.10. The second-order valence-corrected chi connectivity index (χ2v) is 9.10. The number of hydrogen-bond acceptors (Lipinski definition) is 5. The van der Waals surface area contributed by atoms with E-state index >= 15 is 0 Å². The van der Waals surface area contributed by atoms with Gasteiger partial charge in [-0.15, -0.1) is 0 Å². The van der Waals surface area contributed by atoms with Gasteiger partial charge >= 0.3 is 0 Å². The van der Waals surface area contributed by atoms with E-state index in [1.807, 2.05) is 34.6 Å². The van der Waals surface area contributed by atoms with Crippen molar-refractivity contribution >= 4 is 5.91 Å². The van der Waals surface area contributed by atoms with Crippen molar-refractivity contribution in [3.05, 3.63) is 87.4 Å². The molecule has 0 spiro atoms. The maximum atomic E-state index is 13.5. The molecule has 8 heteroatoms. The van der Waals surface area contributed by atoms with Gasteiger partial charge in [0.2, 0.25) is 0 Å². The van der Waals surface area contributed by atoms with Gasteiger partial charge in [-0.05, 0) is 17.7 Å². The Morgan fingerprint density at radius 1 is 1.12 bits per heavy atom. The first-order chi connectivity index (χ1) is 15.0. The molecule has 1 atom stereocenters. The second kappa shape index (κ2) is 9.38. The topological polar surface area (TPSA) is 101 Å². The number of halogens is 1. The molecule has 0 bridgehead atoms. The van der Waals surface area contributed by atoms with E-state index in [0.717, 1.165) is 0 Å². The average Bonchev–Trinajstić information content (AvgIpc) is 2.73. The largest absolute Gasteiger partial charge is 0.345 e. The smallest absolute Gasteiger partial charge is 0.254 e. The number of amides is 1. The van der Waals surface area contributed by atoms with E-state index in [-0.39, 0.29) is 35.0 Å². The fourth-order valence-electron chi connectivity index (χ4n) is 3.14. The average molecular weight is 438 g/mol. The van der Waals surface area contributed by atoms with Crippen LogP contribution in [0.5, 0.6) is 0 Å². The highest BCUT2D eigenvalue weighted by Crippen LogP contribution is 2.20. The van der Waals surface area contributed by atoms with Crippen LogP contribution in [-0.2, 0) is 11.8 Å². The lowest BCUT2D eigenvalue weighted by atomic mass is 9.96. The molecule has 2 aromatic heterocycles. The van der Waals surface area contributed by atoms with Crippen molar-refractivity contribution in [2.75, 3.05) is 0 Å². The highest BCUT2D eigenvalue weighted by atomic mass is 19.1. The number of carbonyl (C=O) groups is 1. The monoisotopic (exact) mass is 437 g/mol. The van der Waals surface area contributed by atoms with Crippen LogP contribution in [0.3, 0.4) is 0 Å². The third kappa shape index (κ3) is 5.84. The van der Waals surface area contributed by atoms with Crippen LogP contribution in [0.15, 0.2) is 47.5 Å². The summed E-state index contributed by atoms with van der Waals surface area (Å²) in [5.41, 5.74) is 1.05. The molecule has 168 valence electrons. The van der Waals surface area contributed by atoms with Crippen LogP contribution in [0.1, 0.15) is 79.8 Å². The number of H-pyrrole nitrogens is 1. The maximum Gasteiger partial charge on any atom is 0.254 e. The lowest BCUT2D eigenvalue weighted by molar-refractivity contribution is 0.0935. The molecule has 0 radical (unpaired) electrons. The van der Waals surface area contributed by atoms with Crippen molar-refractivity contribution in [3.8, 4) is 0 Å². The number of nitrogens with one attached hydrogen (secondary N) is 2. The molecular weight excluding hydrogens is 409 g/mol. The number of carbonyl (C=O) groups excluding carboxylic acids is 1. The van der Waals surface area contributed by atoms with Gasteiger partial charge in [-0.25, -0.2) is 19.3 Å². The molecule has 0 aliphatic heterocycles. The lowest BCUT2D eigenvalue weighted by Gasteiger charge is -2.20. The zero-order valence-electron chi connectivity index (χ0n) is 18.9. The molecule has 0 fully saturated rings. The number of aromatic nitrogens is 4. The summed E-state index contributed by atoms with van der Waals surface area (Å²) in [5, 5.41) is 2.95. The predicted octanol–water partition coefficient (Wildman–Crippen LogP) is 3.83. The zero-order chi connectivity index (χ0) is 23.5. The molecule has 0 saturated carbocycles. The number of aromatic amines is 1. The van der Waals surface area contributed by atoms with Gasteiger partial charge in [0.15, 0.2) is 0 Å². The lowest BCUT2D eigenvalue weighted by Crippen LogP contribution is -2.31. The summed E-state index contributed by atoms with van der Waals surface area (Å²) < 4.78 is 13.5. The summed E-state index contributed by atoms with van der Waals surface area (Å²) in [6.45, 7) is 9.84. The molecule has 1 aromatic carbocycles. The van der Waals surface area contributed by atoms with Gasteiger partial charge in [-0.2, -0.15) is 0 Å². The highest BCUT2D eigenvalue weighted by molar-refractivity contribution is 5.93. The molecule has 3 rings (SSSR count). The Kier molecular flexibility index (Phi) is 6.81. The fourth-order valence-corrected chi connectivity index (χ4v) is 3.14. The summed E-state index contributed by atoms with van der Waals surface area (Å²) in [4.78, 5) is 40.9. The van der Waals surface area contributed by atoms with Crippen LogP contribution in [0.2, 0.25) is 0 Å².